The van der Waals surface area contributed by atoms with Crippen LogP contribution in [0.4, 0.5) is 27.3 Å². The van der Waals surface area contributed by atoms with Gasteiger partial charge in [-0.1, -0.05) is 11.6 Å². The number of aromatic nitrogens is 2. The lowest BCUT2D eigenvalue weighted by atomic mass is 10.1. The molecule has 4 rings (SSSR count). The van der Waals surface area contributed by atoms with Gasteiger partial charge in [0.05, 0.1) is 29.1 Å². The average molecular weight is 493 g/mol. The van der Waals surface area contributed by atoms with Crippen molar-refractivity contribution in [2.24, 2.45) is 0 Å². The largest absolute Gasteiger partial charge is 0.496 e. The summed E-state index contributed by atoms with van der Waals surface area (Å²) < 4.78 is 20.2. The lowest BCUT2D eigenvalue weighted by molar-refractivity contribution is 0.102. The predicted octanol–water partition coefficient (Wildman–Crippen LogP) is 5.56. The summed E-state index contributed by atoms with van der Waals surface area (Å²) in [5, 5.41) is 18.3. The number of halogens is 2. The molecule has 0 saturated carbocycles. The second-order valence-corrected chi connectivity index (χ2v) is 8.03. The van der Waals surface area contributed by atoms with Crippen LogP contribution < -0.4 is 21.1 Å². The van der Waals surface area contributed by atoms with Crippen molar-refractivity contribution >= 4 is 46.6 Å². The molecule has 3 aromatic carbocycles. The van der Waals surface area contributed by atoms with E-state index in [4.69, 9.17) is 27.5 Å². The molecule has 4 aromatic rings. The fourth-order valence-corrected chi connectivity index (χ4v) is 3.71. The number of aryl methyl sites for hydroxylation is 1. The van der Waals surface area contributed by atoms with Crippen molar-refractivity contribution in [2.75, 3.05) is 23.5 Å². The fourth-order valence-electron chi connectivity index (χ4n) is 3.44. The number of rotatable bonds is 7. The number of hydrogen-bond donors (Lipinski definition) is 4. The molecule has 0 unspecified atom stereocenters. The number of benzene rings is 3. The highest BCUT2D eigenvalue weighted by molar-refractivity contribution is 6.36. The Balaban J connectivity index is 1.59. The second-order valence-electron chi connectivity index (χ2n) is 7.65. The smallest absolute Gasteiger partial charge is 0.259 e. The molecular weight excluding hydrogens is 471 g/mol. The molecule has 0 radical (unpaired) electrons. The zero-order valence-electron chi connectivity index (χ0n) is 18.9. The first kappa shape index (κ1) is 23.8. The quantitative estimate of drug-likeness (QED) is 0.199. The summed E-state index contributed by atoms with van der Waals surface area (Å²) >= 11 is 6.39. The van der Waals surface area contributed by atoms with Crippen molar-refractivity contribution in [1.82, 2.24) is 9.78 Å². The molecule has 1 aromatic heterocycles. The zero-order valence-corrected chi connectivity index (χ0v) is 19.7. The summed E-state index contributed by atoms with van der Waals surface area (Å²) in [6, 6.07) is 13.9. The van der Waals surface area contributed by atoms with Crippen molar-refractivity contribution in [1.29, 1.82) is 5.41 Å². The molecule has 178 valence electrons. The van der Waals surface area contributed by atoms with Gasteiger partial charge >= 0.3 is 0 Å². The molecule has 0 aliphatic carbocycles. The monoisotopic (exact) mass is 492 g/mol. The van der Waals surface area contributed by atoms with Crippen LogP contribution in [0.1, 0.15) is 21.5 Å². The number of carbonyl (C=O) groups excluding carboxylic acids is 1. The van der Waals surface area contributed by atoms with Gasteiger partial charge < -0.3 is 26.5 Å². The Bertz CT molecular complexity index is 1420. The fraction of sp³-hybridized carbons (Fsp3) is 0.0800. The minimum absolute atomic E-state index is 0.315. The van der Waals surface area contributed by atoms with Gasteiger partial charge in [-0.2, -0.15) is 0 Å². The van der Waals surface area contributed by atoms with Gasteiger partial charge in [0, 0.05) is 41.0 Å². The first-order chi connectivity index (χ1) is 16.8. The molecular formula is C25H22ClFN6O2. The van der Waals surface area contributed by atoms with E-state index in [0.29, 0.717) is 50.5 Å². The molecule has 0 atom stereocenters. The number of nitrogens with one attached hydrogen (secondary N) is 3. The second kappa shape index (κ2) is 9.86. The van der Waals surface area contributed by atoms with Gasteiger partial charge in [0.25, 0.3) is 5.91 Å². The van der Waals surface area contributed by atoms with E-state index in [1.165, 1.54) is 31.4 Å². The Morgan fingerprint density at radius 3 is 2.63 bits per heavy atom. The minimum atomic E-state index is -0.390. The Kier molecular flexibility index (Phi) is 6.70. The van der Waals surface area contributed by atoms with Crippen molar-refractivity contribution in [2.45, 2.75) is 6.92 Å². The van der Waals surface area contributed by atoms with Crippen LogP contribution in [0.15, 0.2) is 60.8 Å². The van der Waals surface area contributed by atoms with Crippen molar-refractivity contribution < 1.29 is 13.9 Å². The molecule has 5 N–H and O–H groups in total. The number of nitrogen functional groups attached to an aromatic ring is 1. The molecule has 0 aliphatic rings. The summed E-state index contributed by atoms with van der Waals surface area (Å²) in [6.07, 6.45) is 2.92. The number of ether oxygens (including phenoxy) is 1. The Labute approximate surface area is 206 Å². The van der Waals surface area contributed by atoms with E-state index >= 15 is 0 Å². The van der Waals surface area contributed by atoms with E-state index in [9.17, 15) is 9.18 Å². The van der Waals surface area contributed by atoms with Gasteiger partial charge in [-0.25, -0.2) is 9.07 Å². The van der Waals surface area contributed by atoms with Crippen molar-refractivity contribution in [3.8, 4) is 11.4 Å². The molecule has 0 aliphatic heterocycles. The molecule has 1 heterocycles. The summed E-state index contributed by atoms with van der Waals surface area (Å²) in [6.45, 7) is 1.89. The highest BCUT2D eigenvalue weighted by Crippen LogP contribution is 2.32. The number of amides is 1. The van der Waals surface area contributed by atoms with Gasteiger partial charge in [-0.15, -0.1) is 5.10 Å². The summed E-state index contributed by atoms with van der Waals surface area (Å²) in [5.74, 6) is 0.132. The first-order valence-electron chi connectivity index (χ1n) is 10.5. The maximum absolute atomic E-state index is 13.1. The van der Waals surface area contributed by atoms with Gasteiger partial charge in [0.15, 0.2) is 5.82 Å². The Hall–Kier alpha value is -4.37. The van der Waals surface area contributed by atoms with Crippen LogP contribution in [0.3, 0.4) is 0 Å². The molecule has 0 bridgehead atoms. The SMILES string of the molecule is COc1cc(-n2cc(C)c(Nc3ccc(N)c(C=N)c3Cl)n2)ccc1C(=O)Nc1ccc(F)cc1. The molecule has 10 heteroatoms. The topological polar surface area (TPSA) is 118 Å². The van der Waals surface area contributed by atoms with Crippen LogP contribution in [-0.4, -0.2) is 29.0 Å². The average Bonchev–Trinajstić information content (AvgIpc) is 3.22. The van der Waals surface area contributed by atoms with Crippen LogP contribution in [0.25, 0.3) is 5.69 Å². The number of nitrogens with zero attached hydrogens (tertiary/aromatic N) is 2. The highest BCUT2D eigenvalue weighted by Gasteiger charge is 2.16. The normalized spacial score (nSPS) is 10.6. The third-order valence-corrected chi connectivity index (χ3v) is 5.71. The molecule has 0 spiro atoms. The minimum Gasteiger partial charge on any atom is -0.496 e. The van der Waals surface area contributed by atoms with Crippen molar-refractivity contribution in [3.63, 3.8) is 0 Å². The Morgan fingerprint density at radius 1 is 1.20 bits per heavy atom. The lowest BCUT2D eigenvalue weighted by Gasteiger charge is -2.12. The Morgan fingerprint density at radius 2 is 1.94 bits per heavy atom. The zero-order chi connectivity index (χ0) is 25.1. The molecule has 1 amide bonds. The molecule has 0 saturated heterocycles. The first-order valence-corrected chi connectivity index (χ1v) is 10.9. The van der Waals surface area contributed by atoms with Crippen molar-refractivity contribution in [3.05, 3.63) is 88.3 Å². The third-order valence-electron chi connectivity index (χ3n) is 5.30. The number of hydrogen-bond acceptors (Lipinski definition) is 6. The highest BCUT2D eigenvalue weighted by atomic mass is 35.5. The lowest BCUT2D eigenvalue weighted by Crippen LogP contribution is -2.13. The summed E-state index contributed by atoms with van der Waals surface area (Å²) in [4.78, 5) is 12.7. The van der Waals surface area contributed by atoms with Crippen LogP contribution in [0.2, 0.25) is 5.02 Å². The van der Waals surface area contributed by atoms with Crippen LogP contribution in [-0.2, 0) is 0 Å². The third kappa shape index (κ3) is 4.95. The molecule has 0 fully saturated rings. The number of carbonyl (C=O) groups is 1. The summed E-state index contributed by atoms with van der Waals surface area (Å²) in [5.41, 5.74) is 9.57. The molecule has 8 nitrogen and oxygen atoms in total. The van der Waals surface area contributed by atoms with Crippen LogP contribution in [0, 0.1) is 18.2 Å². The van der Waals surface area contributed by atoms with Gasteiger partial charge in [-0.05, 0) is 55.5 Å². The predicted molar refractivity (Wildman–Crippen MR) is 136 cm³/mol. The number of methoxy groups -OCH3 is 1. The standard InChI is InChI=1S/C25H22ClFN6O2/c1-14-13-33(32-24(14)31-21-10-9-20(29)19(12-28)23(21)26)17-7-8-18(22(11-17)35-2)25(34)30-16-5-3-15(27)4-6-16/h3-13,28H,29H2,1-2H3,(H,30,34)(H,31,32). The summed E-state index contributed by atoms with van der Waals surface area (Å²) in [7, 11) is 1.47. The van der Waals surface area contributed by atoms with E-state index in [2.05, 4.69) is 15.7 Å². The van der Waals surface area contributed by atoms with E-state index in [1.807, 2.05) is 13.1 Å². The van der Waals surface area contributed by atoms with E-state index < -0.39 is 0 Å². The van der Waals surface area contributed by atoms with E-state index in [1.54, 1.807) is 35.0 Å². The van der Waals surface area contributed by atoms with Crippen LogP contribution >= 0.6 is 11.6 Å². The van der Waals surface area contributed by atoms with Gasteiger partial charge in [0.1, 0.15) is 11.6 Å². The van der Waals surface area contributed by atoms with Gasteiger partial charge in [0.2, 0.25) is 0 Å². The van der Waals surface area contributed by atoms with Crippen LogP contribution in [0.5, 0.6) is 5.75 Å². The molecule has 35 heavy (non-hydrogen) atoms. The van der Waals surface area contributed by atoms with Gasteiger partial charge in [-0.3, -0.25) is 4.79 Å². The van der Waals surface area contributed by atoms with E-state index in [0.717, 1.165) is 11.8 Å². The van der Waals surface area contributed by atoms with E-state index in [-0.39, 0.29) is 11.7 Å². The maximum atomic E-state index is 13.1. The number of nitrogens with two attached hydrogens (primary N) is 1. The maximum Gasteiger partial charge on any atom is 0.259 e. The number of anilines is 4.